The van der Waals surface area contributed by atoms with Crippen LogP contribution in [0, 0.1) is 6.92 Å². The van der Waals surface area contributed by atoms with E-state index in [-0.39, 0.29) is 17.9 Å². The second kappa shape index (κ2) is 7.40. The molecule has 1 fully saturated rings. The molecule has 2 amide bonds. The van der Waals surface area contributed by atoms with Gasteiger partial charge in [0, 0.05) is 5.56 Å². The van der Waals surface area contributed by atoms with Crippen LogP contribution in [0.25, 0.3) is 0 Å². The number of nitrogens with one attached hydrogen (secondary N) is 2. The molecule has 0 spiro atoms. The molecule has 1 saturated carbocycles. The van der Waals surface area contributed by atoms with Crippen molar-refractivity contribution in [2.45, 2.75) is 57.7 Å². The number of aliphatic hydroxyl groups excluding tert-OH is 1. The molecule has 3 N–H and O–H groups in total. The van der Waals surface area contributed by atoms with Crippen molar-refractivity contribution < 1.29 is 14.7 Å². The van der Waals surface area contributed by atoms with Crippen molar-refractivity contribution in [2.24, 2.45) is 0 Å². The molecule has 3 atom stereocenters. The Morgan fingerprint density at radius 2 is 2.00 bits per heavy atom. The number of aliphatic hydroxyl groups is 1. The Kier molecular flexibility index (Phi) is 5.55. The van der Waals surface area contributed by atoms with Crippen LogP contribution in [-0.2, 0) is 4.79 Å². The summed E-state index contributed by atoms with van der Waals surface area (Å²) in [5, 5.41) is 15.4. The third kappa shape index (κ3) is 4.31. The molecule has 5 heteroatoms. The first kappa shape index (κ1) is 16.5. The fourth-order valence-corrected chi connectivity index (χ4v) is 2.72. The molecular weight excluding hydrogens is 280 g/mol. The number of amides is 2. The highest BCUT2D eigenvalue weighted by Gasteiger charge is 2.26. The van der Waals surface area contributed by atoms with E-state index in [9.17, 15) is 14.7 Å². The molecule has 1 aliphatic carbocycles. The van der Waals surface area contributed by atoms with Gasteiger partial charge in [-0.05, 0) is 38.8 Å². The maximum Gasteiger partial charge on any atom is 0.251 e. The quantitative estimate of drug-likeness (QED) is 0.789. The Balaban J connectivity index is 1.89. The Hall–Kier alpha value is -1.88. The maximum atomic E-state index is 12.2. The zero-order chi connectivity index (χ0) is 16.1. The molecular formula is C17H24N2O3. The largest absolute Gasteiger partial charge is 0.391 e. The standard InChI is InChI=1S/C17H24N2O3/c1-11-6-5-7-13(10-11)17(22)18-12(2)16(21)19-14-8-3-4-9-15(14)20/h5-7,10,12,14-15,20H,3-4,8-9H2,1-2H3,(H,18,22)(H,19,21). The van der Waals surface area contributed by atoms with Crippen molar-refractivity contribution in [2.75, 3.05) is 0 Å². The van der Waals surface area contributed by atoms with Crippen molar-refractivity contribution in [3.63, 3.8) is 0 Å². The Morgan fingerprint density at radius 1 is 1.27 bits per heavy atom. The molecule has 5 nitrogen and oxygen atoms in total. The van der Waals surface area contributed by atoms with Gasteiger partial charge in [0.05, 0.1) is 12.1 Å². The zero-order valence-electron chi connectivity index (χ0n) is 13.1. The van der Waals surface area contributed by atoms with Crippen molar-refractivity contribution in [1.29, 1.82) is 0 Å². The van der Waals surface area contributed by atoms with E-state index in [1.807, 2.05) is 19.1 Å². The van der Waals surface area contributed by atoms with E-state index in [2.05, 4.69) is 10.6 Å². The summed E-state index contributed by atoms with van der Waals surface area (Å²) < 4.78 is 0. The van der Waals surface area contributed by atoms with Crippen molar-refractivity contribution in [3.8, 4) is 0 Å². The maximum absolute atomic E-state index is 12.2. The van der Waals surface area contributed by atoms with Crippen LogP contribution in [0.5, 0.6) is 0 Å². The Bertz CT molecular complexity index is 544. The topological polar surface area (TPSA) is 78.4 Å². The van der Waals surface area contributed by atoms with E-state index in [4.69, 9.17) is 0 Å². The molecule has 0 saturated heterocycles. The lowest BCUT2D eigenvalue weighted by Gasteiger charge is -2.29. The predicted octanol–water partition coefficient (Wildman–Crippen LogP) is 1.53. The number of aryl methyl sites for hydroxylation is 1. The van der Waals surface area contributed by atoms with Crippen LogP contribution in [0.15, 0.2) is 24.3 Å². The minimum absolute atomic E-state index is 0.209. The summed E-state index contributed by atoms with van der Waals surface area (Å²) in [6.45, 7) is 3.57. The van der Waals surface area contributed by atoms with E-state index < -0.39 is 12.1 Å². The van der Waals surface area contributed by atoms with Gasteiger partial charge in [0.1, 0.15) is 6.04 Å². The average molecular weight is 304 g/mol. The number of carbonyl (C=O) groups is 2. The van der Waals surface area contributed by atoms with Crippen molar-refractivity contribution in [1.82, 2.24) is 10.6 Å². The Labute approximate surface area is 131 Å². The van der Waals surface area contributed by atoms with Crippen LogP contribution in [0.2, 0.25) is 0 Å². The first-order valence-electron chi connectivity index (χ1n) is 7.83. The van der Waals surface area contributed by atoms with Gasteiger partial charge in [0.15, 0.2) is 0 Å². The first-order chi connectivity index (χ1) is 10.5. The monoisotopic (exact) mass is 304 g/mol. The predicted molar refractivity (Wildman–Crippen MR) is 84.5 cm³/mol. The lowest BCUT2D eigenvalue weighted by atomic mass is 9.92. The summed E-state index contributed by atoms with van der Waals surface area (Å²) in [6.07, 6.45) is 3.01. The molecule has 3 unspecified atom stereocenters. The highest BCUT2D eigenvalue weighted by atomic mass is 16.3. The highest BCUT2D eigenvalue weighted by Crippen LogP contribution is 2.18. The molecule has 0 aromatic heterocycles. The molecule has 0 radical (unpaired) electrons. The van der Waals surface area contributed by atoms with Crippen molar-refractivity contribution in [3.05, 3.63) is 35.4 Å². The van der Waals surface area contributed by atoms with Gasteiger partial charge in [-0.15, -0.1) is 0 Å². The van der Waals surface area contributed by atoms with E-state index in [0.717, 1.165) is 31.2 Å². The SMILES string of the molecule is Cc1cccc(C(=O)NC(C)C(=O)NC2CCCCC2O)c1. The first-order valence-corrected chi connectivity index (χ1v) is 7.83. The molecule has 120 valence electrons. The third-order valence-electron chi connectivity index (χ3n) is 4.08. The minimum atomic E-state index is -0.637. The molecule has 0 aliphatic heterocycles. The van der Waals surface area contributed by atoms with Crippen LogP contribution in [-0.4, -0.2) is 35.1 Å². The van der Waals surface area contributed by atoms with Gasteiger partial charge in [-0.2, -0.15) is 0 Å². The average Bonchev–Trinajstić information content (AvgIpc) is 2.49. The lowest BCUT2D eigenvalue weighted by molar-refractivity contribution is -0.124. The van der Waals surface area contributed by atoms with E-state index >= 15 is 0 Å². The summed E-state index contributed by atoms with van der Waals surface area (Å²) in [7, 11) is 0. The van der Waals surface area contributed by atoms with Crippen LogP contribution in [0.4, 0.5) is 0 Å². The number of carbonyl (C=O) groups excluding carboxylic acids is 2. The second-order valence-corrected chi connectivity index (χ2v) is 6.03. The number of benzene rings is 1. The van der Waals surface area contributed by atoms with Gasteiger partial charge < -0.3 is 15.7 Å². The van der Waals surface area contributed by atoms with Gasteiger partial charge in [-0.25, -0.2) is 0 Å². The van der Waals surface area contributed by atoms with E-state index in [1.54, 1.807) is 19.1 Å². The van der Waals surface area contributed by atoms with E-state index in [1.165, 1.54) is 0 Å². The minimum Gasteiger partial charge on any atom is -0.391 e. The van der Waals surface area contributed by atoms with Crippen molar-refractivity contribution >= 4 is 11.8 Å². The molecule has 1 aromatic rings. The van der Waals surface area contributed by atoms with E-state index in [0.29, 0.717) is 5.56 Å². The zero-order valence-corrected chi connectivity index (χ0v) is 13.1. The fourth-order valence-electron chi connectivity index (χ4n) is 2.72. The molecule has 1 aromatic carbocycles. The lowest BCUT2D eigenvalue weighted by Crippen LogP contribution is -2.52. The Morgan fingerprint density at radius 3 is 2.68 bits per heavy atom. The summed E-state index contributed by atoms with van der Waals surface area (Å²) in [6, 6.07) is 6.38. The molecule has 0 bridgehead atoms. The normalized spacial score (nSPS) is 22.7. The van der Waals surface area contributed by atoms with Gasteiger partial charge in [0.25, 0.3) is 5.91 Å². The van der Waals surface area contributed by atoms with Gasteiger partial charge in [-0.1, -0.05) is 30.5 Å². The summed E-state index contributed by atoms with van der Waals surface area (Å²) >= 11 is 0. The number of rotatable bonds is 4. The molecule has 2 rings (SSSR count). The summed E-state index contributed by atoms with van der Waals surface area (Å²) in [4.78, 5) is 24.3. The van der Waals surface area contributed by atoms with Crippen LogP contribution in [0.3, 0.4) is 0 Å². The molecule has 1 aliphatic rings. The molecule has 22 heavy (non-hydrogen) atoms. The second-order valence-electron chi connectivity index (χ2n) is 6.03. The molecule has 0 heterocycles. The number of hydrogen-bond acceptors (Lipinski definition) is 3. The third-order valence-corrected chi connectivity index (χ3v) is 4.08. The highest BCUT2D eigenvalue weighted by molar-refractivity contribution is 5.97. The van der Waals surface area contributed by atoms with Crippen LogP contribution in [0.1, 0.15) is 48.5 Å². The van der Waals surface area contributed by atoms with Gasteiger partial charge >= 0.3 is 0 Å². The van der Waals surface area contributed by atoms with Gasteiger partial charge in [0.2, 0.25) is 5.91 Å². The number of hydrogen-bond donors (Lipinski definition) is 3. The van der Waals surface area contributed by atoms with Crippen LogP contribution >= 0.6 is 0 Å². The summed E-state index contributed by atoms with van der Waals surface area (Å²) in [5.74, 6) is -0.525. The fraction of sp³-hybridized carbons (Fsp3) is 0.529. The van der Waals surface area contributed by atoms with Crippen LogP contribution < -0.4 is 10.6 Å². The van der Waals surface area contributed by atoms with Gasteiger partial charge in [-0.3, -0.25) is 9.59 Å². The summed E-state index contributed by atoms with van der Waals surface area (Å²) in [5.41, 5.74) is 1.53. The smallest absolute Gasteiger partial charge is 0.251 e.